The van der Waals surface area contributed by atoms with E-state index in [2.05, 4.69) is 32.6 Å². The number of aryl methyl sites for hydroxylation is 1. The number of alkyl halides is 1. The smallest absolute Gasteiger partial charge is 0.0476 e. The Kier molecular flexibility index (Phi) is 7.17. The van der Waals surface area contributed by atoms with Crippen LogP contribution in [0.1, 0.15) is 16.7 Å². The van der Waals surface area contributed by atoms with Gasteiger partial charge in [-0.05, 0) is 30.5 Å². The van der Waals surface area contributed by atoms with Crippen molar-refractivity contribution in [2.75, 3.05) is 6.54 Å². The maximum absolute atomic E-state index is 5.70. The molecule has 1 aromatic carbocycles. The van der Waals surface area contributed by atoms with E-state index in [1.807, 2.05) is 6.07 Å². The monoisotopic (exact) mass is 211 g/mol. The molecule has 0 saturated heterocycles. The molecule has 0 fully saturated rings. The van der Waals surface area contributed by atoms with Gasteiger partial charge in [-0.3, -0.25) is 0 Å². The second-order valence-corrected chi connectivity index (χ2v) is 3.28. The van der Waals surface area contributed by atoms with Crippen LogP contribution in [0.5, 0.6) is 0 Å². The zero-order valence-corrected chi connectivity index (χ0v) is 9.64. The van der Waals surface area contributed by atoms with Crippen LogP contribution in [0.15, 0.2) is 30.9 Å². The Morgan fingerprint density at radius 3 is 2.36 bits per heavy atom. The molecule has 2 heteroatoms. The van der Waals surface area contributed by atoms with Gasteiger partial charge in [-0.2, -0.15) is 0 Å². The fourth-order valence-electron chi connectivity index (χ4n) is 0.957. The van der Waals surface area contributed by atoms with Gasteiger partial charge in [0.2, 0.25) is 0 Å². The molecule has 14 heavy (non-hydrogen) atoms. The zero-order valence-electron chi connectivity index (χ0n) is 8.89. The summed E-state index contributed by atoms with van der Waals surface area (Å²) in [6.07, 6.45) is 1.65. The molecule has 0 aliphatic carbocycles. The normalized spacial score (nSPS) is 8.86. The summed E-state index contributed by atoms with van der Waals surface area (Å²) in [6.45, 7) is 8.14. The van der Waals surface area contributed by atoms with Gasteiger partial charge in [0.1, 0.15) is 0 Å². The molecule has 0 aliphatic rings. The molecule has 2 N–H and O–H groups in total. The fraction of sp³-hybridized carbons (Fsp3) is 0.333. The Bertz CT molecular complexity index is 282. The molecule has 0 atom stereocenters. The van der Waals surface area contributed by atoms with Crippen LogP contribution in [-0.2, 0) is 5.88 Å². The number of nitrogens with two attached hydrogens (primary N) is 1. The van der Waals surface area contributed by atoms with E-state index in [0.717, 1.165) is 0 Å². The predicted octanol–water partition coefficient (Wildman–Crippen LogP) is 3.17. The van der Waals surface area contributed by atoms with Gasteiger partial charge in [-0.25, -0.2) is 0 Å². The number of halogens is 1. The van der Waals surface area contributed by atoms with Crippen LogP contribution in [0.3, 0.4) is 0 Å². The maximum atomic E-state index is 5.70. The average molecular weight is 212 g/mol. The van der Waals surface area contributed by atoms with Crippen LogP contribution in [0.2, 0.25) is 0 Å². The van der Waals surface area contributed by atoms with Crippen LogP contribution >= 0.6 is 11.6 Å². The van der Waals surface area contributed by atoms with E-state index in [9.17, 15) is 0 Å². The number of hydrogen-bond acceptors (Lipinski definition) is 1. The van der Waals surface area contributed by atoms with Gasteiger partial charge in [0, 0.05) is 12.4 Å². The van der Waals surface area contributed by atoms with E-state index in [1.165, 1.54) is 16.7 Å². The van der Waals surface area contributed by atoms with Crippen molar-refractivity contribution in [1.82, 2.24) is 0 Å². The molecule has 1 rings (SSSR count). The minimum Gasteiger partial charge on any atom is -0.327 e. The third-order valence-corrected chi connectivity index (χ3v) is 2.32. The SMILES string of the molecule is C=CCN.Cc1cccc(CCl)c1C. The summed E-state index contributed by atoms with van der Waals surface area (Å²) in [7, 11) is 0. The summed E-state index contributed by atoms with van der Waals surface area (Å²) >= 11 is 5.70. The second-order valence-electron chi connectivity index (χ2n) is 3.02. The lowest BCUT2D eigenvalue weighted by molar-refractivity contribution is 1.24. The lowest BCUT2D eigenvalue weighted by Crippen LogP contribution is -1.90. The first-order valence-corrected chi connectivity index (χ1v) is 5.12. The minimum atomic E-state index is 0.583. The van der Waals surface area contributed by atoms with Gasteiger partial charge in [0.15, 0.2) is 0 Å². The van der Waals surface area contributed by atoms with Crippen molar-refractivity contribution in [3.8, 4) is 0 Å². The van der Waals surface area contributed by atoms with Gasteiger partial charge < -0.3 is 5.73 Å². The van der Waals surface area contributed by atoms with E-state index in [-0.39, 0.29) is 0 Å². The topological polar surface area (TPSA) is 26.0 Å². The van der Waals surface area contributed by atoms with Crippen LogP contribution in [0, 0.1) is 13.8 Å². The fourth-order valence-corrected chi connectivity index (χ4v) is 1.25. The molecule has 0 unspecified atom stereocenters. The summed E-state index contributed by atoms with van der Waals surface area (Å²) in [5, 5.41) is 0. The Labute approximate surface area is 91.6 Å². The first-order valence-electron chi connectivity index (χ1n) is 4.59. The van der Waals surface area contributed by atoms with E-state index < -0.39 is 0 Å². The maximum Gasteiger partial charge on any atom is 0.0476 e. The van der Waals surface area contributed by atoms with Gasteiger partial charge in [0.25, 0.3) is 0 Å². The highest BCUT2D eigenvalue weighted by Crippen LogP contribution is 2.13. The molecule has 0 aliphatic heterocycles. The van der Waals surface area contributed by atoms with Gasteiger partial charge in [-0.1, -0.05) is 24.3 Å². The van der Waals surface area contributed by atoms with Crippen molar-refractivity contribution in [1.29, 1.82) is 0 Å². The Balaban J connectivity index is 0.000000364. The second kappa shape index (κ2) is 7.60. The van der Waals surface area contributed by atoms with Gasteiger partial charge in [-0.15, -0.1) is 18.2 Å². The summed E-state index contributed by atoms with van der Waals surface area (Å²) in [6, 6.07) is 6.21. The van der Waals surface area contributed by atoms with Crippen molar-refractivity contribution in [3.05, 3.63) is 47.5 Å². The largest absolute Gasteiger partial charge is 0.327 e. The van der Waals surface area contributed by atoms with Crippen molar-refractivity contribution >= 4 is 11.6 Å². The zero-order chi connectivity index (χ0) is 11.0. The molecule has 0 heterocycles. The molecule has 0 radical (unpaired) electrons. The van der Waals surface area contributed by atoms with Crippen molar-refractivity contribution in [3.63, 3.8) is 0 Å². The first kappa shape index (κ1) is 13.2. The first-order chi connectivity index (χ1) is 6.67. The minimum absolute atomic E-state index is 0.583. The lowest BCUT2D eigenvalue weighted by Gasteiger charge is -2.03. The highest BCUT2D eigenvalue weighted by molar-refractivity contribution is 6.17. The van der Waals surface area contributed by atoms with E-state index >= 15 is 0 Å². The molecule has 1 aromatic rings. The molecular weight excluding hydrogens is 194 g/mol. The third kappa shape index (κ3) is 4.45. The van der Waals surface area contributed by atoms with Gasteiger partial charge in [0.05, 0.1) is 0 Å². The summed E-state index contributed by atoms with van der Waals surface area (Å²) in [5.74, 6) is 0.619. The van der Waals surface area contributed by atoms with Crippen molar-refractivity contribution in [2.45, 2.75) is 19.7 Å². The quantitative estimate of drug-likeness (QED) is 0.590. The number of rotatable bonds is 2. The molecular formula is C12H18ClN. The van der Waals surface area contributed by atoms with Gasteiger partial charge >= 0.3 is 0 Å². The Hall–Kier alpha value is -0.790. The van der Waals surface area contributed by atoms with E-state index in [0.29, 0.717) is 12.4 Å². The Morgan fingerprint density at radius 2 is 2.00 bits per heavy atom. The van der Waals surface area contributed by atoms with Crippen molar-refractivity contribution in [2.24, 2.45) is 5.73 Å². The van der Waals surface area contributed by atoms with E-state index in [1.54, 1.807) is 6.08 Å². The standard InChI is InChI=1S/C9H11Cl.C3H7N/c1-7-4-3-5-9(6-10)8(7)2;1-2-3-4/h3-5H,6H2,1-2H3;2H,1,3-4H2. The Morgan fingerprint density at radius 1 is 1.43 bits per heavy atom. The molecule has 0 amide bonds. The number of benzene rings is 1. The van der Waals surface area contributed by atoms with Crippen LogP contribution in [0.25, 0.3) is 0 Å². The molecule has 1 nitrogen and oxygen atoms in total. The van der Waals surface area contributed by atoms with Crippen LogP contribution in [-0.4, -0.2) is 6.54 Å². The molecule has 78 valence electrons. The van der Waals surface area contributed by atoms with Crippen LogP contribution < -0.4 is 5.73 Å². The van der Waals surface area contributed by atoms with E-state index in [4.69, 9.17) is 17.3 Å². The summed E-state index contributed by atoms with van der Waals surface area (Å²) in [4.78, 5) is 0. The summed E-state index contributed by atoms with van der Waals surface area (Å²) < 4.78 is 0. The average Bonchev–Trinajstić information content (AvgIpc) is 2.22. The lowest BCUT2D eigenvalue weighted by atomic mass is 10.1. The highest BCUT2D eigenvalue weighted by Gasteiger charge is 1.96. The van der Waals surface area contributed by atoms with Crippen LogP contribution in [0.4, 0.5) is 0 Å². The third-order valence-electron chi connectivity index (χ3n) is 2.03. The number of hydrogen-bond donors (Lipinski definition) is 1. The van der Waals surface area contributed by atoms with Crippen molar-refractivity contribution < 1.29 is 0 Å². The molecule has 0 spiro atoms. The molecule has 0 aromatic heterocycles. The molecule has 0 bridgehead atoms. The highest BCUT2D eigenvalue weighted by atomic mass is 35.5. The predicted molar refractivity (Wildman–Crippen MR) is 64.7 cm³/mol. The molecule has 0 saturated carbocycles. The summed E-state index contributed by atoms with van der Waals surface area (Å²) in [5.41, 5.74) is 8.78.